The fourth-order valence-corrected chi connectivity index (χ4v) is 4.48. The van der Waals surface area contributed by atoms with Crippen LogP contribution in [0.3, 0.4) is 0 Å². The molecule has 0 N–H and O–H groups in total. The topological polar surface area (TPSA) is 0 Å². The number of rotatable bonds is 3. The molecule has 0 unspecified atom stereocenters. The van der Waals surface area contributed by atoms with E-state index in [-0.39, 0.29) is 17.1 Å². The monoisotopic (exact) mass is 325 g/mol. The summed E-state index contributed by atoms with van der Waals surface area (Å²) in [6.45, 7) is 0. The zero-order chi connectivity index (χ0) is 12.9. The van der Waals surface area contributed by atoms with Crippen LogP contribution in [-0.4, -0.2) is 0 Å². The van der Waals surface area contributed by atoms with Crippen molar-refractivity contribution >= 4 is 23.8 Å². The predicted octanol–water partition coefficient (Wildman–Crippen LogP) is 3.44. The Hall–Kier alpha value is -1.39. The van der Waals surface area contributed by atoms with E-state index < -0.39 is 7.92 Å². The Morgan fingerprint density at radius 3 is 0.900 bits per heavy atom. The molecule has 3 rings (SSSR count). The summed E-state index contributed by atoms with van der Waals surface area (Å²) < 4.78 is 0. The van der Waals surface area contributed by atoms with Gasteiger partial charge in [-0.1, -0.05) is 91.0 Å². The molecule has 0 amide bonds. The fraction of sp³-hybridized carbons (Fsp3) is 0. The first kappa shape index (κ1) is 15.0. The van der Waals surface area contributed by atoms with E-state index in [2.05, 4.69) is 91.0 Å². The number of hydrogen-bond acceptors (Lipinski definition) is 0. The van der Waals surface area contributed by atoms with Gasteiger partial charge in [0, 0.05) is 17.1 Å². The molecule has 0 aliphatic rings. The molecule has 0 aliphatic carbocycles. The van der Waals surface area contributed by atoms with Crippen molar-refractivity contribution in [3.63, 3.8) is 0 Å². The molecule has 0 fully saturated rings. The maximum atomic E-state index is 2.23. The standard InChI is InChI=1S/C18H15P.Cu/c1-4-10-16(11-5-1)19(17-12-6-2-7-13-17)18-14-8-3-9-15-18;/h1-15H;. The summed E-state index contributed by atoms with van der Waals surface area (Å²) in [5.74, 6) is 0. The van der Waals surface area contributed by atoms with Crippen LogP contribution in [0.25, 0.3) is 0 Å². The van der Waals surface area contributed by atoms with Gasteiger partial charge in [0.15, 0.2) is 0 Å². The molecular weight excluding hydrogens is 311 g/mol. The van der Waals surface area contributed by atoms with Gasteiger partial charge >= 0.3 is 0 Å². The maximum absolute atomic E-state index is 2.23. The summed E-state index contributed by atoms with van der Waals surface area (Å²) in [6.07, 6.45) is 0. The van der Waals surface area contributed by atoms with Gasteiger partial charge in [-0.3, -0.25) is 0 Å². The summed E-state index contributed by atoms with van der Waals surface area (Å²) in [5.41, 5.74) is 0. The van der Waals surface area contributed by atoms with Crippen molar-refractivity contribution in [2.24, 2.45) is 0 Å². The second kappa shape index (κ2) is 7.41. The van der Waals surface area contributed by atoms with Crippen molar-refractivity contribution in [2.75, 3.05) is 0 Å². The first-order valence-corrected chi connectivity index (χ1v) is 7.74. The van der Waals surface area contributed by atoms with Crippen molar-refractivity contribution in [1.82, 2.24) is 0 Å². The van der Waals surface area contributed by atoms with E-state index in [0.717, 1.165) is 0 Å². The molecule has 103 valence electrons. The minimum Gasteiger partial charge on any atom is -0.0622 e. The Morgan fingerprint density at radius 1 is 0.400 bits per heavy atom. The average Bonchev–Trinajstić information content (AvgIpc) is 2.51. The zero-order valence-electron chi connectivity index (χ0n) is 10.9. The Morgan fingerprint density at radius 2 is 0.650 bits per heavy atom. The van der Waals surface area contributed by atoms with E-state index >= 15 is 0 Å². The van der Waals surface area contributed by atoms with Crippen molar-refractivity contribution in [3.05, 3.63) is 91.0 Å². The quantitative estimate of drug-likeness (QED) is 0.511. The van der Waals surface area contributed by atoms with Crippen LogP contribution in [0.2, 0.25) is 0 Å². The Balaban J connectivity index is 0.00000147. The van der Waals surface area contributed by atoms with Gasteiger partial charge in [-0.2, -0.15) is 0 Å². The van der Waals surface area contributed by atoms with Gasteiger partial charge < -0.3 is 0 Å². The molecule has 0 bridgehead atoms. The molecule has 2 heteroatoms. The Bertz CT molecular complexity index is 529. The molecular formula is C18H15CuP. The Kier molecular flexibility index (Phi) is 5.56. The summed E-state index contributed by atoms with van der Waals surface area (Å²) in [7, 11) is -0.446. The smallest absolute Gasteiger partial charge is 0 e. The van der Waals surface area contributed by atoms with E-state index in [1.165, 1.54) is 15.9 Å². The first-order chi connectivity index (χ1) is 9.45. The third-order valence-corrected chi connectivity index (χ3v) is 5.49. The molecule has 1 radical (unpaired) electrons. The van der Waals surface area contributed by atoms with E-state index in [1.54, 1.807) is 0 Å². The van der Waals surface area contributed by atoms with Gasteiger partial charge in [0.05, 0.1) is 0 Å². The van der Waals surface area contributed by atoms with E-state index in [1.807, 2.05) is 0 Å². The molecule has 0 heterocycles. The fourth-order valence-electron chi connectivity index (χ4n) is 2.18. The van der Waals surface area contributed by atoms with Gasteiger partial charge in [-0.15, -0.1) is 0 Å². The summed E-state index contributed by atoms with van der Waals surface area (Å²) in [5, 5.41) is 4.19. The second-order valence-electron chi connectivity index (χ2n) is 4.34. The van der Waals surface area contributed by atoms with Crippen LogP contribution in [0.1, 0.15) is 0 Å². The maximum Gasteiger partial charge on any atom is 0 e. The third kappa shape index (κ3) is 3.38. The van der Waals surface area contributed by atoms with E-state index in [9.17, 15) is 0 Å². The third-order valence-electron chi connectivity index (χ3n) is 3.04. The van der Waals surface area contributed by atoms with Crippen LogP contribution in [-0.2, 0) is 17.1 Å². The van der Waals surface area contributed by atoms with Crippen molar-refractivity contribution < 1.29 is 17.1 Å². The number of benzene rings is 3. The van der Waals surface area contributed by atoms with Crippen molar-refractivity contribution in [1.29, 1.82) is 0 Å². The van der Waals surface area contributed by atoms with Crippen LogP contribution in [0.15, 0.2) is 91.0 Å². The molecule has 3 aromatic carbocycles. The summed E-state index contributed by atoms with van der Waals surface area (Å²) in [6, 6.07) is 32.3. The molecule has 3 aromatic rings. The van der Waals surface area contributed by atoms with Gasteiger partial charge in [-0.05, 0) is 23.8 Å². The van der Waals surface area contributed by atoms with Crippen LogP contribution >= 0.6 is 7.92 Å². The second-order valence-corrected chi connectivity index (χ2v) is 6.56. The van der Waals surface area contributed by atoms with E-state index in [0.29, 0.717) is 0 Å². The minimum absolute atomic E-state index is 0. The van der Waals surface area contributed by atoms with E-state index in [4.69, 9.17) is 0 Å². The number of hydrogen-bond donors (Lipinski definition) is 0. The average molecular weight is 326 g/mol. The van der Waals surface area contributed by atoms with Crippen LogP contribution in [0.4, 0.5) is 0 Å². The molecule has 0 atom stereocenters. The van der Waals surface area contributed by atoms with Crippen molar-refractivity contribution in [3.8, 4) is 0 Å². The first-order valence-electron chi connectivity index (χ1n) is 6.40. The molecule has 0 nitrogen and oxygen atoms in total. The summed E-state index contributed by atoms with van der Waals surface area (Å²) in [4.78, 5) is 0. The molecule has 0 aliphatic heterocycles. The molecule has 0 saturated carbocycles. The zero-order valence-corrected chi connectivity index (χ0v) is 12.7. The van der Waals surface area contributed by atoms with Crippen molar-refractivity contribution in [2.45, 2.75) is 0 Å². The minimum atomic E-state index is -0.446. The normalized spacial score (nSPS) is 10.1. The molecule has 20 heavy (non-hydrogen) atoms. The predicted molar refractivity (Wildman–Crippen MR) is 85.1 cm³/mol. The van der Waals surface area contributed by atoms with Crippen LogP contribution in [0.5, 0.6) is 0 Å². The van der Waals surface area contributed by atoms with Gasteiger partial charge in [-0.25, -0.2) is 0 Å². The SMILES string of the molecule is [Cu].c1ccc(P(c2ccccc2)c2ccccc2)cc1. The van der Waals surface area contributed by atoms with Crippen LogP contribution < -0.4 is 15.9 Å². The van der Waals surface area contributed by atoms with Gasteiger partial charge in [0.2, 0.25) is 0 Å². The van der Waals surface area contributed by atoms with Gasteiger partial charge in [0.1, 0.15) is 0 Å². The molecule has 0 saturated heterocycles. The van der Waals surface area contributed by atoms with Crippen LogP contribution in [0, 0.1) is 0 Å². The molecule has 0 spiro atoms. The Labute approximate surface area is 132 Å². The largest absolute Gasteiger partial charge is 0.0622 e. The summed E-state index contributed by atoms with van der Waals surface area (Å²) >= 11 is 0. The molecule has 0 aromatic heterocycles. The van der Waals surface area contributed by atoms with Gasteiger partial charge in [0.25, 0.3) is 0 Å².